The van der Waals surface area contributed by atoms with Gasteiger partial charge in [-0.3, -0.25) is 9.59 Å². The number of rotatable bonds is 3. The van der Waals surface area contributed by atoms with Crippen molar-refractivity contribution in [2.45, 2.75) is 39.0 Å². The Morgan fingerprint density at radius 2 is 2.16 bits per heavy atom. The number of carboxylic acid groups (broad SMARTS) is 1. The number of carbonyl (C=O) groups is 2. The van der Waals surface area contributed by atoms with Crippen LogP contribution in [-0.4, -0.2) is 16.9 Å². The highest BCUT2D eigenvalue weighted by atomic mass is 19.1. The maximum absolute atomic E-state index is 13.1. The van der Waals surface area contributed by atoms with Crippen LogP contribution in [0.5, 0.6) is 0 Å². The van der Waals surface area contributed by atoms with E-state index in [1.54, 1.807) is 13.0 Å². The predicted octanol–water partition coefficient (Wildman–Crippen LogP) is 2.89. The fourth-order valence-corrected chi connectivity index (χ4v) is 2.76. The van der Waals surface area contributed by atoms with Crippen molar-refractivity contribution >= 4 is 11.8 Å². The van der Waals surface area contributed by atoms with Gasteiger partial charge in [-0.15, -0.1) is 0 Å². The first kappa shape index (κ1) is 13.7. The number of Topliss-reactive ketones (excluding diaryl/α,β-unsaturated/α-hetero) is 1. The molecule has 0 radical (unpaired) electrons. The molecule has 1 saturated carbocycles. The normalized spacial score (nSPS) is 23.4. The lowest BCUT2D eigenvalue weighted by Gasteiger charge is -2.32. The molecule has 3 nitrogen and oxygen atoms in total. The van der Waals surface area contributed by atoms with E-state index >= 15 is 0 Å². The maximum atomic E-state index is 13.1. The van der Waals surface area contributed by atoms with Crippen molar-refractivity contribution < 1.29 is 19.1 Å². The van der Waals surface area contributed by atoms with Crippen LogP contribution in [0, 0.1) is 18.2 Å². The summed E-state index contributed by atoms with van der Waals surface area (Å²) in [7, 11) is 0. The fourth-order valence-electron chi connectivity index (χ4n) is 2.76. The van der Waals surface area contributed by atoms with E-state index in [0.717, 1.165) is 18.4 Å². The summed E-state index contributed by atoms with van der Waals surface area (Å²) >= 11 is 0. The number of aliphatic carboxylic acids is 1. The van der Waals surface area contributed by atoms with Gasteiger partial charge in [0, 0.05) is 6.42 Å². The molecule has 1 unspecified atom stereocenters. The Labute approximate surface area is 111 Å². The van der Waals surface area contributed by atoms with E-state index in [-0.39, 0.29) is 18.0 Å². The molecular formula is C15H17FO3. The average Bonchev–Trinajstić information content (AvgIpc) is 2.35. The summed E-state index contributed by atoms with van der Waals surface area (Å²) in [5.74, 6) is -1.60. The van der Waals surface area contributed by atoms with Crippen LogP contribution >= 0.6 is 0 Å². The Balaban J connectivity index is 2.36. The summed E-state index contributed by atoms with van der Waals surface area (Å²) in [5, 5.41) is 9.47. The lowest BCUT2D eigenvalue weighted by Crippen LogP contribution is -2.43. The highest BCUT2D eigenvalue weighted by Crippen LogP contribution is 2.37. The van der Waals surface area contributed by atoms with Crippen molar-refractivity contribution in [3.63, 3.8) is 0 Å². The highest BCUT2D eigenvalue weighted by Gasteiger charge is 2.46. The Morgan fingerprint density at radius 3 is 2.74 bits per heavy atom. The second-order valence-corrected chi connectivity index (χ2v) is 5.27. The van der Waals surface area contributed by atoms with Crippen LogP contribution in [0.4, 0.5) is 4.39 Å². The van der Waals surface area contributed by atoms with Crippen LogP contribution in [0.2, 0.25) is 0 Å². The number of ketones is 1. The van der Waals surface area contributed by atoms with Gasteiger partial charge in [-0.2, -0.15) is 0 Å². The van der Waals surface area contributed by atoms with E-state index in [1.807, 2.05) is 0 Å². The summed E-state index contributed by atoms with van der Waals surface area (Å²) in [6, 6.07) is 4.26. The lowest BCUT2D eigenvalue weighted by molar-refractivity contribution is -0.157. The number of carbonyl (C=O) groups excluding carboxylic acids is 1. The van der Waals surface area contributed by atoms with Crippen LogP contribution in [0.1, 0.15) is 36.8 Å². The summed E-state index contributed by atoms with van der Waals surface area (Å²) < 4.78 is 13.1. The van der Waals surface area contributed by atoms with E-state index in [9.17, 15) is 19.1 Å². The molecule has 0 heterocycles. The van der Waals surface area contributed by atoms with Gasteiger partial charge in [-0.25, -0.2) is 4.39 Å². The molecule has 1 fully saturated rings. The molecule has 4 heteroatoms. The molecule has 0 spiro atoms. The Kier molecular flexibility index (Phi) is 3.69. The van der Waals surface area contributed by atoms with Crippen LogP contribution in [-0.2, 0) is 16.0 Å². The highest BCUT2D eigenvalue weighted by molar-refractivity contribution is 6.03. The molecule has 0 amide bonds. The minimum absolute atomic E-state index is 0.160. The smallest absolute Gasteiger partial charge is 0.317 e. The van der Waals surface area contributed by atoms with Gasteiger partial charge in [-0.1, -0.05) is 12.5 Å². The third kappa shape index (κ3) is 2.53. The van der Waals surface area contributed by atoms with E-state index in [4.69, 9.17) is 0 Å². The van der Waals surface area contributed by atoms with E-state index < -0.39 is 11.4 Å². The molecule has 0 aliphatic heterocycles. The van der Waals surface area contributed by atoms with Crippen LogP contribution in [0.15, 0.2) is 18.2 Å². The summed E-state index contributed by atoms with van der Waals surface area (Å²) in [4.78, 5) is 23.7. The fraction of sp³-hybridized carbons (Fsp3) is 0.467. The van der Waals surface area contributed by atoms with E-state index in [2.05, 4.69) is 0 Å². The molecule has 1 atom stereocenters. The summed E-state index contributed by atoms with van der Waals surface area (Å²) in [6.45, 7) is 1.74. The molecule has 102 valence electrons. The number of carboxylic acids is 1. The minimum atomic E-state index is -1.32. The first-order valence-corrected chi connectivity index (χ1v) is 6.47. The van der Waals surface area contributed by atoms with Crippen LogP contribution in [0.3, 0.4) is 0 Å². The maximum Gasteiger partial charge on any atom is 0.317 e. The summed E-state index contributed by atoms with van der Waals surface area (Å²) in [6.07, 6.45) is 2.37. The van der Waals surface area contributed by atoms with Gasteiger partial charge >= 0.3 is 5.97 Å². The number of benzene rings is 1. The number of halogens is 1. The zero-order chi connectivity index (χ0) is 14.0. The first-order chi connectivity index (χ1) is 8.95. The lowest BCUT2D eigenvalue weighted by atomic mass is 9.69. The second kappa shape index (κ2) is 5.11. The minimum Gasteiger partial charge on any atom is -0.480 e. The average molecular weight is 264 g/mol. The third-order valence-corrected chi connectivity index (χ3v) is 4.00. The zero-order valence-electron chi connectivity index (χ0n) is 10.9. The third-order valence-electron chi connectivity index (χ3n) is 4.00. The van der Waals surface area contributed by atoms with Gasteiger partial charge < -0.3 is 5.11 Å². The molecule has 0 bridgehead atoms. The van der Waals surface area contributed by atoms with Crippen molar-refractivity contribution in [1.29, 1.82) is 0 Å². The molecule has 1 N–H and O–H groups in total. The largest absolute Gasteiger partial charge is 0.480 e. The van der Waals surface area contributed by atoms with Crippen molar-refractivity contribution in [2.75, 3.05) is 0 Å². The van der Waals surface area contributed by atoms with Crippen LogP contribution in [0.25, 0.3) is 0 Å². The van der Waals surface area contributed by atoms with Gasteiger partial charge in [0.2, 0.25) is 0 Å². The van der Waals surface area contributed by atoms with Gasteiger partial charge in [0.25, 0.3) is 0 Å². The quantitative estimate of drug-likeness (QED) is 0.854. The molecule has 1 aromatic rings. The molecular weight excluding hydrogens is 247 g/mol. The molecule has 0 aromatic heterocycles. The van der Waals surface area contributed by atoms with Gasteiger partial charge in [0.15, 0.2) is 5.78 Å². The first-order valence-electron chi connectivity index (χ1n) is 6.47. The van der Waals surface area contributed by atoms with E-state index in [0.29, 0.717) is 18.4 Å². The summed E-state index contributed by atoms with van der Waals surface area (Å²) in [5.41, 5.74) is 0.110. The van der Waals surface area contributed by atoms with Crippen LogP contribution < -0.4 is 0 Å². The number of aryl methyl sites for hydroxylation is 1. The molecule has 19 heavy (non-hydrogen) atoms. The monoisotopic (exact) mass is 264 g/mol. The Hall–Kier alpha value is -1.71. The van der Waals surface area contributed by atoms with Crippen molar-refractivity contribution in [2.24, 2.45) is 5.41 Å². The van der Waals surface area contributed by atoms with Crippen molar-refractivity contribution in [1.82, 2.24) is 0 Å². The second-order valence-electron chi connectivity index (χ2n) is 5.27. The molecule has 0 saturated heterocycles. The Morgan fingerprint density at radius 1 is 1.42 bits per heavy atom. The molecule has 1 aromatic carbocycles. The van der Waals surface area contributed by atoms with Gasteiger partial charge in [0.05, 0.1) is 0 Å². The SMILES string of the molecule is Cc1cc(F)ccc1CC1(C(=O)O)CCCCC1=O. The predicted molar refractivity (Wildman–Crippen MR) is 68.4 cm³/mol. The topological polar surface area (TPSA) is 54.4 Å². The van der Waals surface area contributed by atoms with Crippen molar-refractivity contribution in [3.8, 4) is 0 Å². The molecule has 1 aliphatic rings. The van der Waals surface area contributed by atoms with Gasteiger partial charge in [-0.05, 0) is 49.4 Å². The molecule has 1 aliphatic carbocycles. The van der Waals surface area contributed by atoms with E-state index in [1.165, 1.54) is 12.1 Å². The standard InChI is InChI=1S/C15H17FO3/c1-10-8-12(16)6-5-11(10)9-15(14(18)19)7-3-2-4-13(15)17/h5-6,8H,2-4,7,9H2,1H3,(H,18,19). The molecule has 2 rings (SSSR count). The number of hydrogen-bond acceptors (Lipinski definition) is 2. The number of hydrogen-bond donors (Lipinski definition) is 1. The van der Waals surface area contributed by atoms with Gasteiger partial charge in [0.1, 0.15) is 11.2 Å². The van der Waals surface area contributed by atoms with Crippen molar-refractivity contribution in [3.05, 3.63) is 35.1 Å². The Bertz CT molecular complexity index is 524. The zero-order valence-corrected chi connectivity index (χ0v) is 10.9.